The van der Waals surface area contributed by atoms with Gasteiger partial charge in [0.15, 0.2) is 0 Å². The van der Waals surface area contributed by atoms with E-state index in [2.05, 4.69) is 9.71 Å². The van der Waals surface area contributed by atoms with E-state index in [0.717, 1.165) is 22.0 Å². The fourth-order valence-electron chi connectivity index (χ4n) is 1.63. The van der Waals surface area contributed by atoms with Crippen molar-refractivity contribution in [3.05, 3.63) is 44.6 Å². The normalized spacial score (nSPS) is 11.8. The summed E-state index contributed by atoms with van der Waals surface area (Å²) in [6, 6.07) is 1.97. The van der Waals surface area contributed by atoms with Crippen LogP contribution < -0.4 is 4.72 Å². The highest BCUT2D eigenvalue weighted by Crippen LogP contribution is 2.24. The molecule has 2 rings (SSSR count). The van der Waals surface area contributed by atoms with Crippen molar-refractivity contribution in [3.8, 4) is 0 Å². The van der Waals surface area contributed by atoms with Crippen LogP contribution in [0.15, 0.2) is 23.2 Å². The minimum Gasteiger partial charge on any atom is -0.392 e. The molecule has 0 aliphatic heterocycles. The molecule has 2 N–H and O–H groups in total. The maximum Gasteiger partial charge on any atom is 0.241 e. The Balaban J connectivity index is 2.25. The average Bonchev–Trinajstić information content (AvgIpc) is 2.85. The Kier molecular flexibility index (Phi) is 4.95. The van der Waals surface area contributed by atoms with E-state index >= 15 is 0 Å². The van der Waals surface area contributed by atoms with E-state index in [1.807, 2.05) is 6.92 Å². The van der Waals surface area contributed by atoms with Crippen molar-refractivity contribution in [1.82, 2.24) is 9.71 Å². The van der Waals surface area contributed by atoms with Crippen molar-refractivity contribution in [2.45, 2.75) is 25.0 Å². The van der Waals surface area contributed by atoms with Gasteiger partial charge in [-0.15, -0.1) is 11.3 Å². The minimum absolute atomic E-state index is 0.0191. The van der Waals surface area contributed by atoms with E-state index in [1.165, 1.54) is 11.3 Å². The molecule has 0 atom stereocenters. The van der Waals surface area contributed by atoms with Crippen LogP contribution in [0.4, 0.5) is 4.39 Å². The molecule has 0 unspecified atom stereocenters. The van der Waals surface area contributed by atoms with Gasteiger partial charge in [-0.2, -0.15) is 0 Å². The van der Waals surface area contributed by atoms with Crippen molar-refractivity contribution in [2.75, 3.05) is 0 Å². The van der Waals surface area contributed by atoms with Gasteiger partial charge in [0.1, 0.15) is 5.82 Å². The summed E-state index contributed by atoms with van der Waals surface area (Å²) < 4.78 is 40.2. The lowest BCUT2D eigenvalue weighted by Gasteiger charge is -2.09. The first-order valence-corrected chi connectivity index (χ1v) is 8.51. The van der Waals surface area contributed by atoms with Gasteiger partial charge in [0, 0.05) is 23.2 Å². The number of rotatable bonds is 5. The molecule has 0 aliphatic carbocycles. The lowest BCUT2D eigenvalue weighted by Crippen LogP contribution is -2.23. The van der Waals surface area contributed by atoms with E-state index in [4.69, 9.17) is 16.7 Å². The maximum absolute atomic E-state index is 13.6. The Morgan fingerprint density at radius 2 is 2.19 bits per heavy atom. The second-order valence-corrected chi connectivity index (χ2v) is 7.67. The first kappa shape index (κ1) is 16.3. The minimum atomic E-state index is -3.90. The molecule has 0 saturated carbocycles. The van der Waals surface area contributed by atoms with Gasteiger partial charge in [-0.3, -0.25) is 0 Å². The number of aliphatic hydroxyl groups is 1. The van der Waals surface area contributed by atoms with Crippen molar-refractivity contribution in [3.63, 3.8) is 0 Å². The summed E-state index contributed by atoms with van der Waals surface area (Å²) in [5.74, 6) is -0.891. The quantitative estimate of drug-likeness (QED) is 0.866. The van der Waals surface area contributed by atoms with E-state index in [9.17, 15) is 12.8 Å². The third kappa shape index (κ3) is 3.78. The van der Waals surface area contributed by atoms with Crippen LogP contribution in [0.2, 0.25) is 5.02 Å². The highest BCUT2D eigenvalue weighted by atomic mass is 35.5. The van der Waals surface area contributed by atoms with E-state index in [-0.39, 0.29) is 22.0 Å². The van der Waals surface area contributed by atoms with Crippen LogP contribution in [-0.2, 0) is 23.2 Å². The highest BCUT2D eigenvalue weighted by Gasteiger charge is 2.19. The molecule has 5 nitrogen and oxygen atoms in total. The molecule has 21 heavy (non-hydrogen) atoms. The van der Waals surface area contributed by atoms with Gasteiger partial charge in [0.2, 0.25) is 10.0 Å². The molecule has 114 valence electrons. The standard InChI is InChI=1S/C12H12ClFN2O3S2/c1-7-15-4-9(20-7)5-16-21(18,19)10-2-8(6-17)12(13)11(14)3-10/h2-4,16-17H,5-6H2,1H3. The molecular formula is C12H12ClFN2O3S2. The smallest absolute Gasteiger partial charge is 0.241 e. The van der Waals surface area contributed by atoms with Crippen LogP contribution in [0.25, 0.3) is 0 Å². The summed E-state index contributed by atoms with van der Waals surface area (Å²) in [7, 11) is -3.90. The topological polar surface area (TPSA) is 79.3 Å². The Morgan fingerprint density at radius 3 is 2.76 bits per heavy atom. The van der Waals surface area contributed by atoms with Gasteiger partial charge < -0.3 is 5.11 Å². The fraction of sp³-hybridized carbons (Fsp3) is 0.250. The molecule has 1 heterocycles. The SMILES string of the molecule is Cc1ncc(CNS(=O)(=O)c2cc(F)c(Cl)c(CO)c2)s1. The molecule has 0 saturated heterocycles. The number of thiazole rings is 1. The number of aryl methyl sites for hydroxylation is 1. The second-order valence-electron chi connectivity index (χ2n) is 4.21. The number of sulfonamides is 1. The second kappa shape index (κ2) is 6.37. The van der Waals surface area contributed by atoms with Gasteiger partial charge >= 0.3 is 0 Å². The molecule has 1 aromatic carbocycles. The zero-order valence-corrected chi connectivity index (χ0v) is 13.3. The number of halogens is 2. The average molecular weight is 351 g/mol. The first-order valence-electron chi connectivity index (χ1n) is 5.83. The zero-order chi connectivity index (χ0) is 15.6. The number of nitrogens with zero attached hydrogens (tertiary/aromatic N) is 1. The van der Waals surface area contributed by atoms with Crippen molar-refractivity contribution in [2.24, 2.45) is 0 Å². The zero-order valence-electron chi connectivity index (χ0n) is 10.9. The summed E-state index contributed by atoms with van der Waals surface area (Å²) >= 11 is 7.00. The number of aliphatic hydroxyl groups excluding tert-OH is 1. The van der Waals surface area contributed by atoms with Crippen LogP contribution in [-0.4, -0.2) is 18.5 Å². The summed E-state index contributed by atoms with van der Waals surface area (Å²) in [5, 5.41) is 9.61. The van der Waals surface area contributed by atoms with E-state index in [1.54, 1.807) is 6.20 Å². The molecule has 0 spiro atoms. The molecule has 0 amide bonds. The molecule has 9 heteroatoms. The molecular weight excluding hydrogens is 339 g/mol. The van der Waals surface area contributed by atoms with Crippen molar-refractivity contribution < 1.29 is 17.9 Å². The van der Waals surface area contributed by atoms with Gasteiger partial charge in [-0.1, -0.05) is 11.6 Å². The lowest BCUT2D eigenvalue weighted by molar-refractivity contribution is 0.281. The predicted octanol–water partition coefficient (Wildman–Crippen LogP) is 2.21. The van der Waals surface area contributed by atoms with Crippen LogP contribution in [0, 0.1) is 12.7 Å². The maximum atomic E-state index is 13.6. The van der Waals surface area contributed by atoms with Gasteiger partial charge in [0.05, 0.1) is 21.5 Å². The Labute approximate surface area is 130 Å². The largest absolute Gasteiger partial charge is 0.392 e. The van der Waals surface area contributed by atoms with Crippen molar-refractivity contribution >= 4 is 33.0 Å². The molecule has 2 aromatic rings. The third-order valence-electron chi connectivity index (χ3n) is 2.66. The predicted molar refractivity (Wildman–Crippen MR) is 78.2 cm³/mol. The van der Waals surface area contributed by atoms with Gasteiger partial charge in [-0.25, -0.2) is 22.5 Å². The first-order chi connectivity index (χ1) is 9.83. The Hall–Kier alpha value is -1.06. The van der Waals surface area contributed by atoms with Crippen LogP contribution in [0.3, 0.4) is 0 Å². The van der Waals surface area contributed by atoms with E-state index < -0.39 is 22.4 Å². The monoisotopic (exact) mass is 350 g/mol. The summed E-state index contributed by atoms with van der Waals surface area (Å²) in [4.78, 5) is 4.48. The van der Waals surface area contributed by atoms with Crippen LogP contribution in [0.1, 0.15) is 15.4 Å². The molecule has 1 aromatic heterocycles. The third-order valence-corrected chi connectivity index (χ3v) is 5.38. The number of hydrogen-bond acceptors (Lipinski definition) is 5. The molecule has 0 fully saturated rings. The summed E-state index contributed by atoms with van der Waals surface area (Å²) in [5.41, 5.74) is 0.0191. The van der Waals surface area contributed by atoms with Crippen molar-refractivity contribution in [1.29, 1.82) is 0 Å². The van der Waals surface area contributed by atoms with Gasteiger partial charge in [0.25, 0.3) is 0 Å². The highest BCUT2D eigenvalue weighted by molar-refractivity contribution is 7.89. The van der Waals surface area contributed by atoms with Crippen LogP contribution in [0.5, 0.6) is 0 Å². The summed E-state index contributed by atoms with van der Waals surface area (Å²) in [6.07, 6.45) is 1.57. The molecule has 0 radical (unpaired) electrons. The fourth-order valence-corrected chi connectivity index (χ4v) is 3.69. The summed E-state index contributed by atoms with van der Waals surface area (Å²) in [6.45, 7) is 1.32. The number of hydrogen-bond donors (Lipinski definition) is 2. The number of aromatic nitrogens is 1. The van der Waals surface area contributed by atoms with E-state index in [0.29, 0.717) is 0 Å². The van der Waals surface area contributed by atoms with Gasteiger partial charge in [-0.05, 0) is 19.1 Å². The Morgan fingerprint density at radius 1 is 1.48 bits per heavy atom. The van der Waals surface area contributed by atoms with Crippen LogP contribution >= 0.6 is 22.9 Å². The molecule has 0 aliphatic rings. The number of nitrogens with one attached hydrogen (secondary N) is 1. The Bertz CT molecular complexity index is 762. The number of benzene rings is 1. The lowest BCUT2D eigenvalue weighted by atomic mass is 10.2. The molecule has 0 bridgehead atoms.